The van der Waals surface area contributed by atoms with Gasteiger partial charge in [-0.15, -0.1) is 0 Å². The Morgan fingerprint density at radius 2 is 1.92 bits per heavy atom. The molecule has 0 amide bonds. The summed E-state index contributed by atoms with van der Waals surface area (Å²) in [5.74, 6) is 0. The summed E-state index contributed by atoms with van der Waals surface area (Å²) in [4.78, 5) is 0. The lowest BCUT2D eigenvalue weighted by Gasteiger charge is -2.29. The number of allylic oxidation sites excluding steroid dienone is 2. The number of hydrogen-bond donors (Lipinski definition) is 0. The zero-order chi connectivity index (χ0) is 10.1. The first-order valence-corrected chi connectivity index (χ1v) is 4.81. The van der Waals surface area contributed by atoms with Gasteiger partial charge in [0.15, 0.2) is 0 Å². The van der Waals surface area contributed by atoms with Gasteiger partial charge in [0.1, 0.15) is 0 Å². The highest BCUT2D eigenvalue weighted by atomic mass is 15.4. The van der Waals surface area contributed by atoms with Crippen LogP contribution in [0.25, 0.3) is 0 Å². The van der Waals surface area contributed by atoms with E-state index in [0.29, 0.717) is 5.41 Å². The Bertz CT molecular complexity index is 247. The van der Waals surface area contributed by atoms with Gasteiger partial charge in [0, 0.05) is 14.1 Å². The second kappa shape index (κ2) is 3.52. The van der Waals surface area contributed by atoms with Crippen LogP contribution in [0.3, 0.4) is 0 Å². The van der Waals surface area contributed by atoms with Gasteiger partial charge in [-0.2, -0.15) is 5.10 Å². The van der Waals surface area contributed by atoms with Crippen molar-refractivity contribution in [2.75, 3.05) is 14.1 Å². The first-order chi connectivity index (χ1) is 5.89. The largest absolute Gasteiger partial charge is 0.303 e. The van der Waals surface area contributed by atoms with Crippen LogP contribution in [0.1, 0.15) is 33.6 Å². The molecule has 0 spiro atoms. The quantitative estimate of drug-likeness (QED) is 0.566. The number of rotatable bonds is 1. The van der Waals surface area contributed by atoms with Crippen molar-refractivity contribution in [3.63, 3.8) is 0 Å². The average Bonchev–Trinajstić information content (AvgIpc) is 1.78. The molecular weight excluding hydrogens is 160 g/mol. The molecule has 0 aromatic heterocycles. The van der Waals surface area contributed by atoms with Gasteiger partial charge >= 0.3 is 0 Å². The van der Waals surface area contributed by atoms with Crippen LogP contribution in [0.5, 0.6) is 0 Å². The second-order valence-corrected chi connectivity index (χ2v) is 4.95. The molecular formula is C11H20N2. The van der Waals surface area contributed by atoms with Crippen molar-refractivity contribution in [1.29, 1.82) is 0 Å². The van der Waals surface area contributed by atoms with E-state index in [1.165, 1.54) is 17.7 Å². The van der Waals surface area contributed by atoms with E-state index in [4.69, 9.17) is 0 Å². The summed E-state index contributed by atoms with van der Waals surface area (Å²) in [7, 11) is 3.94. The molecule has 13 heavy (non-hydrogen) atoms. The van der Waals surface area contributed by atoms with E-state index in [9.17, 15) is 0 Å². The maximum Gasteiger partial charge on any atom is 0.0610 e. The van der Waals surface area contributed by atoms with Gasteiger partial charge in [-0.25, -0.2) is 0 Å². The summed E-state index contributed by atoms with van der Waals surface area (Å²) in [6, 6.07) is 0. The van der Waals surface area contributed by atoms with Crippen molar-refractivity contribution in [2.24, 2.45) is 10.5 Å². The zero-order valence-corrected chi connectivity index (χ0v) is 9.39. The topological polar surface area (TPSA) is 15.6 Å². The molecule has 0 N–H and O–H groups in total. The summed E-state index contributed by atoms with van der Waals surface area (Å²) >= 11 is 0. The van der Waals surface area contributed by atoms with Crippen LogP contribution in [0.15, 0.2) is 16.8 Å². The van der Waals surface area contributed by atoms with Gasteiger partial charge in [-0.3, -0.25) is 0 Å². The minimum atomic E-state index is 0.383. The lowest BCUT2D eigenvalue weighted by Crippen LogP contribution is -2.22. The molecule has 0 saturated carbocycles. The molecule has 0 saturated heterocycles. The van der Waals surface area contributed by atoms with Crippen LogP contribution in [0.4, 0.5) is 0 Å². The predicted octanol–water partition coefficient (Wildman–Crippen LogP) is 2.67. The summed E-state index contributed by atoms with van der Waals surface area (Å²) in [6.07, 6.45) is 4.49. The highest BCUT2D eigenvalue weighted by Crippen LogP contribution is 2.33. The van der Waals surface area contributed by atoms with Crippen molar-refractivity contribution in [3.05, 3.63) is 11.6 Å². The Labute approximate surface area is 81.3 Å². The van der Waals surface area contributed by atoms with Crippen LogP contribution in [0, 0.1) is 5.41 Å². The maximum atomic E-state index is 4.46. The van der Waals surface area contributed by atoms with Gasteiger partial charge in [0.2, 0.25) is 0 Å². The smallest absolute Gasteiger partial charge is 0.0610 e. The molecule has 0 radical (unpaired) electrons. The van der Waals surface area contributed by atoms with Crippen molar-refractivity contribution in [3.8, 4) is 0 Å². The van der Waals surface area contributed by atoms with E-state index in [1.54, 1.807) is 0 Å². The van der Waals surface area contributed by atoms with Crippen molar-refractivity contribution in [1.82, 2.24) is 5.01 Å². The fraction of sp³-hybridized carbons (Fsp3) is 0.727. The SMILES string of the molecule is CC1=C/C(=N/N(C)C)CC(C)(C)C1. The summed E-state index contributed by atoms with van der Waals surface area (Å²) in [5.41, 5.74) is 3.03. The van der Waals surface area contributed by atoms with Gasteiger partial charge in [0.05, 0.1) is 5.71 Å². The Kier molecular flexibility index (Phi) is 2.79. The standard InChI is InChI=1S/C11H20N2/c1-9-6-10(12-13(4)5)8-11(2,3)7-9/h6H,7-8H2,1-5H3/b12-10-. The molecule has 0 unspecified atom stereocenters. The lowest BCUT2D eigenvalue weighted by atomic mass is 9.77. The Morgan fingerprint density at radius 3 is 2.38 bits per heavy atom. The molecule has 0 fully saturated rings. The minimum Gasteiger partial charge on any atom is -0.303 e. The molecule has 0 aromatic carbocycles. The summed E-state index contributed by atoms with van der Waals surface area (Å²) in [5, 5.41) is 6.33. The van der Waals surface area contributed by atoms with Gasteiger partial charge < -0.3 is 5.01 Å². The van der Waals surface area contributed by atoms with Crippen LogP contribution < -0.4 is 0 Å². The molecule has 74 valence electrons. The molecule has 0 bridgehead atoms. The monoisotopic (exact) mass is 180 g/mol. The first kappa shape index (κ1) is 10.3. The van der Waals surface area contributed by atoms with E-state index in [2.05, 4.69) is 31.9 Å². The maximum absolute atomic E-state index is 4.46. The minimum absolute atomic E-state index is 0.383. The number of hydrazone groups is 1. The van der Waals surface area contributed by atoms with Crippen LogP contribution in [-0.2, 0) is 0 Å². The van der Waals surface area contributed by atoms with Crippen molar-refractivity contribution >= 4 is 5.71 Å². The third-order valence-electron chi connectivity index (χ3n) is 2.16. The number of nitrogens with zero attached hydrogens (tertiary/aromatic N) is 2. The predicted molar refractivity (Wildman–Crippen MR) is 57.9 cm³/mol. The third-order valence-corrected chi connectivity index (χ3v) is 2.16. The molecule has 0 aliphatic heterocycles. The van der Waals surface area contributed by atoms with Gasteiger partial charge in [0.25, 0.3) is 0 Å². The fourth-order valence-corrected chi connectivity index (χ4v) is 2.02. The molecule has 0 heterocycles. The Hall–Kier alpha value is -0.790. The van der Waals surface area contributed by atoms with E-state index in [0.717, 1.165) is 6.42 Å². The van der Waals surface area contributed by atoms with Gasteiger partial charge in [-0.05, 0) is 31.3 Å². The lowest BCUT2D eigenvalue weighted by molar-refractivity contribution is 0.365. The van der Waals surface area contributed by atoms with E-state index >= 15 is 0 Å². The molecule has 0 atom stereocenters. The summed E-state index contributed by atoms with van der Waals surface area (Å²) < 4.78 is 0. The van der Waals surface area contributed by atoms with Crippen LogP contribution in [-0.4, -0.2) is 24.8 Å². The van der Waals surface area contributed by atoms with E-state index in [1.807, 2.05) is 19.1 Å². The van der Waals surface area contributed by atoms with Crippen LogP contribution in [0.2, 0.25) is 0 Å². The first-order valence-electron chi connectivity index (χ1n) is 4.81. The third kappa shape index (κ3) is 3.21. The van der Waals surface area contributed by atoms with E-state index in [-0.39, 0.29) is 0 Å². The summed E-state index contributed by atoms with van der Waals surface area (Å²) in [6.45, 7) is 6.79. The number of hydrogen-bond acceptors (Lipinski definition) is 2. The average molecular weight is 180 g/mol. The van der Waals surface area contributed by atoms with E-state index < -0.39 is 0 Å². The second-order valence-electron chi connectivity index (χ2n) is 4.95. The molecule has 1 aliphatic carbocycles. The normalized spacial score (nSPS) is 24.4. The van der Waals surface area contributed by atoms with Crippen molar-refractivity contribution in [2.45, 2.75) is 33.6 Å². The Morgan fingerprint density at radius 1 is 1.31 bits per heavy atom. The molecule has 1 rings (SSSR count). The van der Waals surface area contributed by atoms with Crippen LogP contribution >= 0.6 is 0 Å². The fourth-order valence-electron chi connectivity index (χ4n) is 2.02. The molecule has 1 aliphatic rings. The van der Waals surface area contributed by atoms with Gasteiger partial charge in [-0.1, -0.05) is 19.4 Å². The van der Waals surface area contributed by atoms with Crippen molar-refractivity contribution < 1.29 is 0 Å². The molecule has 2 heteroatoms. The Balaban J connectivity index is 2.84. The molecule has 2 nitrogen and oxygen atoms in total. The zero-order valence-electron chi connectivity index (χ0n) is 9.39. The highest BCUT2D eigenvalue weighted by molar-refractivity contribution is 5.96. The highest BCUT2D eigenvalue weighted by Gasteiger charge is 2.24. The molecule has 0 aromatic rings.